The normalized spacial score (nSPS) is 9.83. The Balaban J connectivity index is 2.31. The maximum Gasteiger partial charge on any atom is 0.335 e. The standard InChI is InChI=1S/C13H18N2O3/c1-2-8-15-12(16)7-9-14-11-5-3-10(4-6-11)13(17)18/h3-6,14H,2,7-9H2,1H3,(H,15,16)(H,17,18). The monoisotopic (exact) mass is 250 g/mol. The average molecular weight is 250 g/mol. The van der Waals surface area contributed by atoms with Crippen molar-refractivity contribution in [3.8, 4) is 0 Å². The molecule has 1 aromatic rings. The molecular weight excluding hydrogens is 232 g/mol. The van der Waals surface area contributed by atoms with E-state index in [2.05, 4.69) is 10.6 Å². The number of carbonyl (C=O) groups is 2. The first kappa shape index (κ1) is 14.0. The van der Waals surface area contributed by atoms with Gasteiger partial charge in [-0.15, -0.1) is 0 Å². The smallest absolute Gasteiger partial charge is 0.335 e. The lowest BCUT2D eigenvalue weighted by atomic mass is 10.2. The van der Waals surface area contributed by atoms with E-state index in [1.807, 2.05) is 6.92 Å². The van der Waals surface area contributed by atoms with Gasteiger partial charge in [-0.2, -0.15) is 0 Å². The summed E-state index contributed by atoms with van der Waals surface area (Å²) in [7, 11) is 0. The van der Waals surface area contributed by atoms with Crippen molar-refractivity contribution < 1.29 is 14.7 Å². The predicted octanol–water partition coefficient (Wildman–Crippen LogP) is 1.71. The van der Waals surface area contributed by atoms with Gasteiger partial charge < -0.3 is 15.7 Å². The third-order valence-electron chi connectivity index (χ3n) is 2.39. The highest BCUT2D eigenvalue weighted by Crippen LogP contribution is 2.09. The highest BCUT2D eigenvalue weighted by atomic mass is 16.4. The molecule has 0 heterocycles. The molecule has 1 rings (SSSR count). The molecule has 98 valence electrons. The van der Waals surface area contributed by atoms with Crippen LogP contribution in [-0.4, -0.2) is 30.1 Å². The van der Waals surface area contributed by atoms with Crippen LogP contribution in [0, 0.1) is 0 Å². The third-order valence-corrected chi connectivity index (χ3v) is 2.39. The summed E-state index contributed by atoms with van der Waals surface area (Å²) in [5.74, 6) is -0.924. The van der Waals surface area contributed by atoms with Crippen LogP contribution in [0.2, 0.25) is 0 Å². The number of carbonyl (C=O) groups excluding carboxylic acids is 1. The van der Waals surface area contributed by atoms with Gasteiger partial charge in [0.1, 0.15) is 0 Å². The van der Waals surface area contributed by atoms with Crippen molar-refractivity contribution in [2.24, 2.45) is 0 Å². The van der Waals surface area contributed by atoms with Crippen LogP contribution in [0.15, 0.2) is 24.3 Å². The van der Waals surface area contributed by atoms with Crippen LogP contribution in [0.3, 0.4) is 0 Å². The van der Waals surface area contributed by atoms with E-state index in [-0.39, 0.29) is 11.5 Å². The highest BCUT2D eigenvalue weighted by Gasteiger charge is 2.02. The van der Waals surface area contributed by atoms with Gasteiger partial charge in [0, 0.05) is 25.2 Å². The van der Waals surface area contributed by atoms with E-state index in [9.17, 15) is 9.59 Å². The Hall–Kier alpha value is -2.04. The number of benzene rings is 1. The summed E-state index contributed by atoms with van der Waals surface area (Å²) in [4.78, 5) is 21.9. The van der Waals surface area contributed by atoms with Gasteiger partial charge in [0.05, 0.1) is 5.56 Å². The van der Waals surface area contributed by atoms with Crippen LogP contribution in [0.5, 0.6) is 0 Å². The molecule has 0 aliphatic rings. The predicted molar refractivity (Wildman–Crippen MR) is 69.8 cm³/mol. The van der Waals surface area contributed by atoms with Crippen LogP contribution < -0.4 is 10.6 Å². The fourth-order valence-corrected chi connectivity index (χ4v) is 1.40. The zero-order valence-corrected chi connectivity index (χ0v) is 10.4. The number of hydrogen-bond acceptors (Lipinski definition) is 3. The molecule has 0 unspecified atom stereocenters. The summed E-state index contributed by atoms with van der Waals surface area (Å²) < 4.78 is 0. The van der Waals surface area contributed by atoms with Gasteiger partial charge in [-0.1, -0.05) is 6.92 Å². The first-order valence-electron chi connectivity index (χ1n) is 5.97. The largest absolute Gasteiger partial charge is 0.478 e. The summed E-state index contributed by atoms with van der Waals surface area (Å²) in [5.41, 5.74) is 1.06. The van der Waals surface area contributed by atoms with Crippen molar-refractivity contribution in [3.05, 3.63) is 29.8 Å². The summed E-state index contributed by atoms with van der Waals surface area (Å²) >= 11 is 0. The molecule has 0 saturated heterocycles. The Bertz CT molecular complexity index is 401. The molecule has 1 amide bonds. The Morgan fingerprint density at radius 1 is 1.17 bits per heavy atom. The van der Waals surface area contributed by atoms with Crippen molar-refractivity contribution >= 4 is 17.6 Å². The lowest BCUT2D eigenvalue weighted by Gasteiger charge is -2.07. The molecule has 0 radical (unpaired) electrons. The Morgan fingerprint density at radius 2 is 1.83 bits per heavy atom. The number of amides is 1. The number of carboxylic acid groups (broad SMARTS) is 1. The molecule has 0 saturated carbocycles. The zero-order chi connectivity index (χ0) is 13.4. The minimum absolute atomic E-state index is 0.0199. The topological polar surface area (TPSA) is 78.4 Å². The number of nitrogens with one attached hydrogen (secondary N) is 2. The lowest BCUT2D eigenvalue weighted by Crippen LogP contribution is -2.25. The van der Waals surface area contributed by atoms with E-state index in [0.717, 1.165) is 12.1 Å². The molecule has 0 bridgehead atoms. The van der Waals surface area contributed by atoms with E-state index in [4.69, 9.17) is 5.11 Å². The number of hydrogen-bond donors (Lipinski definition) is 3. The molecule has 0 atom stereocenters. The Morgan fingerprint density at radius 3 is 2.39 bits per heavy atom. The summed E-state index contributed by atoms with van der Waals surface area (Å²) in [5, 5.41) is 14.6. The van der Waals surface area contributed by atoms with Crippen molar-refractivity contribution in [1.29, 1.82) is 0 Å². The first-order chi connectivity index (χ1) is 8.63. The van der Waals surface area contributed by atoms with E-state index in [1.54, 1.807) is 12.1 Å². The SMILES string of the molecule is CCCNC(=O)CCNc1ccc(C(=O)O)cc1. The van der Waals surface area contributed by atoms with Crippen LogP contribution in [0.1, 0.15) is 30.1 Å². The fraction of sp³-hybridized carbons (Fsp3) is 0.385. The number of carboxylic acids is 1. The van der Waals surface area contributed by atoms with E-state index in [1.165, 1.54) is 12.1 Å². The fourth-order valence-electron chi connectivity index (χ4n) is 1.40. The second-order valence-corrected chi connectivity index (χ2v) is 3.91. The minimum Gasteiger partial charge on any atom is -0.478 e. The van der Waals surface area contributed by atoms with E-state index in [0.29, 0.717) is 19.5 Å². The highest BCUT2D eigenvalue weighted by molar-refractivity contribution is 5.88. The van der Waals surface area contributed by atoms with Gasteiger partial charge in [0.15, 0.2) is 0 Å². The minimum atomic E-state index is -0.944. The Kier molecular flexibility index (Phi) is 5.70. The summed E-state index contributed by atoms with van der Waals surface area (Å²) in [6.45, 7) is 3.23. The quantitative estimate of drug-likeness (QED) is 0.688. The molecule has 18 heavy (non-hydrogen) atoms. The molecule has 0 aliphatic heterocycles. The van der Waals surface area contributed by atoms with Gasteiger partial charge >= 0.3 is 5.97 Å². The second kappa shape index (κ2) is 7.32. The molecule has 5 nitrogen and oxygen atoms in total. The van der Waals surface area contributed by atoms with Crippen molar-refractivity contribution in [2.45, 2.75) is 19.8 Å². The van der Waals surface area contributed by atoms with E-state index >= 15 is 0 Å². The van der Waals surface area contributed by atoms with Crippen molar-refractivity contribution in [3.63, 3.8) is 0 Å². The molecule has 1 aromatic carbocycles. The summed E-state index contributed by atoms with van der Waals surface area (Å²) in [6, 6.07) is 6.43. The second-order valence-electron chi connectivity index (χ2n) is 3.91. The van der Waals surface area contributed by atoms with Gasteiger partial charge in [-0.05, 0) is 30.7 Å². The van der Waals surface area contributed by atoms with Gasteiger partial charge in [-0.25, -0.2) is 4.79 Å². The van der Waals surface area contributed by atoms with Crippen LogP contribution >= 0.6 is 0 Å². The lowest BCUT2D eigenvalue weighted by molar-refractivity contribution is -0.120. The molecule has 0 aliphatic carbocycles. The first-order valence-corrected chi connectivity index (χ1v) is 5.97. The number of anilines is 1. The van der Waals surface area contributed by atoms with Crippen LogP contribution in [-0.2, 0) is 4.79 Å². The van der Waals surface area contributed by atoms with Crippen molar-refractivity contribution in [2.75, 3.05) is 18.4 Å². The molecule has 0 spiro atoms. The van der Waals surface area contributed by atoms with Gasteiger partial charge in [0.2, 0.25) is 5.91 Å². The average Bonchev–Trinajstić information content (AvgIpc) is 2.37. The van der Waals surface area contributed by atoms with Crippen molar-refractivity contribution in [1.82, 2.24) is 5.32 Å². The number of aromatic carboxylic acids is 1. The molecule has 0 fully saturated rings. The maximum atomic E-state index is 11.3. The van der Waals surface area contributed by atoms with Gasteiger partial charge in [0.25, 0.3) is 0 Å². The van der Waals surface area contributed by atoms with Gasteiger partial charge in [-0.3, -0.25) is 4.79 Å². The van der Waals surface area contributed by atoms with Crippen LogP contribution in [0.25, 0.3) is 0 Å². The van der Waals surface area contributed by atoms with E-state index < -0.39 is 5.97 Å². The van der Waals surface area contributed by atoms with Crippen LogP contribution in [0.4, 0.5) is 5.69 Å². The maximum absolute atomic E-state index is 11.3. The molecule has 3 N–H and O–H groups in total. The third kappa shape index (κ3) is 4.86. The molecule has 0 aromatic heterocycles. The number of rotatable bonds is 7. The molecular formula is C13H18N2O3. The Labute approximate surface area is 106 Å². The summed E-state index contributed by atoms with van der Waals surface area (Å²) in [6.07, 6.45) is 1.33. The molecule has 5 heteroatoms. The zero-order valence-electron chi connectivity index (χ0n) is 10.4.